The molecule has 1 aromatic heterocycles. The van der Waals surface area contributed by atoms with E-state index in [1.165, 1.54) is 0 Å². The molecule has 1 amide bonds. The molecule has 6 heteroatoms. The van der Waals surface area contributed by atoms with Crippen LogP contribution in [0.15, 0.2) is 34.9 Å². The van der Waals surface area contributed by atoms with Crippen LogP contribution < -0.4 is 5.32 Å². The molecule has 1 N–H and O–H groups in total. The summed E-state index contributed by atoms with van der Waals surface area (Å²) in [6, 6.07) is 9.21. The highest BCUT2D eigenvalue weighted by Crippen LogP contribution is 2.21. The standard InChI is InChI=1S/C14H17N3O3/c1-14(2,19-3)13-16-11(17-20-13)9-12(18)15-10-7-5-4-6-8-10/h4-8H,9H2,1-3H3,(H,15,18). The molecule has 0 bridgehead atoms. The van der Waals surface area contributed by atoms with E-state index in [4.69, 9.17) is 9.26 Å². The van der Waals surface area contributed by atoms with E-state index in [0.717, 1.165) is 5.69 Å². The molecule has 0 aliphatic carbocycles. The summed E-state index contributed by atoms with van der Waals surface area (Å²) in [5.41, 5.74) is 0.0691. The van der Waals surface area contributed by atoms with Crippen molar-refractivity contribution in [3.63, 3.8) is 0 Å². The number of para-hydroxylation sites is 1. The highest BCUT2D eigenvalue weighted by molar-refractivity contribution is 5.91. The fourth-order valence-corrected chi connectivity index (χ4v) is 1.53. The predicted octanol–water partition coefficient (Wildman–Crippen LogP) is 2.13. The van der Waals surface area contributed by atoms with Crippen molar-refractivity contribution in [2.75, 3.05) is 12.4 Å². The molecule has 0 aliphatic heterocycles. The number of ether oxygens (including phenoxy) is 1. The summed E-state index contributed by atoms with van der Waals surface area (Å²) in [6.07, 6.45) is 0.0538. The third kappa shape index (κ3) is 3.42. The van der Waals surface area contributed by atoms with Crippen LogP contribution in [0.1, 0.15) is 25.6 Å². The fourth-order valence-electron chi connectivity index (χ4n) is 1.53. The molecule has 1 aromatic carbocycles. The van der Waals surface area contributed by atoms with Crippen LogP contribution in [-0.2, 0) is 21.6 Å². The van der Waals surface area contributed by atoms with E-state index in [0.29, 0.717) is 11.7 Å². The van der Waals surface area contributed by atoms with Crippen molar-refractivity contribution in [2.45, 2.75) is 25.9 Å². The topological polar surface area (TPSA) is 77.2 Å². The van der Waals surface area contributed by atoms with E-state index in [1.54, 1.807) is 7.11 Å². The third-order valence-electron chi connectivity index (χ3n) is 2.87. The number of benzene rings is 1. The van der Waals surface area contributed by atoms with Gasteiger partial charge in [0.1, 0.15) is 5.60 Å². The molecule has 0 saturated heterocycles. The minimum atomic E-state index is -0.666. The number of carbonyl (C=O) groups is 1. The summed E-state index contributed by atoms with van der Waals surface area (Å²) in [5, 5.41) is 6.55. The number of methoxy groups -OCH3 is 1. The van der Waals surface area contributed by atoms with Gasteiger partial charge in [0.2, 0.25) is 5.91 Å². The largest absolute Gasteiger partial charge is 0.369 e. The lowest BCUT2D eigenvalue weighted by atomic mass is 10.1. The number of amides is 1. The predicted molar refractivity (Wildman–Crippen MR) is 73.1 cm³/mol. The van der Waals surface area contributed by atoms with Gasteiger partial charge in [-0.1, -0.05) is 23.4 Å². The van der Waals surface area contributed by atoms with Gasteiger partial charge in [-0.3, -0.25) is 4.79 Å². The molecule has 0 aliphatic rings. The zero-order valence-corrected chi connectivity index (χ0v) is 11.7. The molecule has 20 heavy (non-hydrogen) atoms. The van der Waals surface area contributed by atoms with E-state index >= 15 is 0 Å². The lowest BCUT2D eigenvalue weighted by molar-refractivity contribution is -0.115. The normalized spacial score (nSPS) is 11.3. The smallest absolute Gasteiger partial charge is 0.258 e. The first-order valence-electron chi connectivity index (χ1n) is 6.24. The van der Waals surface area contributed by atoms with Gasteiger partial charge in [0, 0.05) is 12.8 Å². The Morgan fingerprint density at radius 2 is 2.05 bits per heavy atom. The van der Waals surface area contributed by atoms with Gasteiger partial charge < -0.3 is 14.6 Å². The molecular formula is C14H17N3O3. The summed E-state index contributed by atoms with van der Waals surface area (Å²) in [7, 11) is 1.56. The number of rotatable bonds is 5. The number of nitrogens with zero attached hydrogens (tertiary/aromatic N) is 2. The van der Waals surface area contributed by atoms with Crippen molar-refractivity contribution < 1.29 is 14.1 Å². The molecule has 0 atom stereocenters. The number of anilines is 1. The van der Waals surface area contributed by atoms with Crippen LogP contribution in [0.2, 0.25) is 0 Å². The Labute approximate surface area is 117 Å². The van der Waals surface area contributed by atoms with Crippen molar-refractivity contribution in [3.8, 4) is 0 Å². The van der Waals surface area contributed by atoms with Crippen molar-refractivity contribution in [2.24, 2.45) is 0 Å². The highest BCUT2D eigenvalue weighted by atomic mass is 16.5. The van der Waals surface area contributed by atoms with Crippen LogP contribution in [0, 0.1) is 0 Å². The fraction of sp³-hybridized carbons (Fsp3) is 0.357. The summed E-state index contributed by atoms with van der Waals surface area (Å²) < 4.78 is 10.3. The second-order valence-corrected chi connectivity index (χ2v) is 4.82. The Morgan fingerprint density at radius 1 is 1.35 bits per heavy atom. The first kappa shape index (κ1) is 14.2. The van der Waals surface area contributed by atoms with Crippen LogP contribution >= 0.6 is 0 Å². The number of aromatic nitrogens is 2. The Balaban J connectivity index is 1.99. The number of hydrogen-bond acceptors (Lipinski definition) is 5. The van der Waals surface area contributed by atoms with Crippen LogP contribution in [0.3, 0.4) is 0 Å². The minimum absolute atomic E-state index is 0.0538. The maximum Gasteiger partial charge on any atom is 0.258 e. The van der Waals surface area contributed by atoms with Gasteiger partial charge in [-0.05, 0) is 26.0 Å². The molecular weight excluding hydrogens is 258 g/mol. The average molecular weight is 275 g/mol. The Kier molecular flexibility index (Phi) is 4.14. The quantitative estimate of drug-likeness (QED) is 0.904. The van der Waals surface area contributed by atoms with Gasteiger partial charge in [-0.15, -0.1) is 0 Å². The van der Waals surface area contributed by atoms with E-state index in [9.17, 15) is 4.79 Å². The second-order valence-electron chi connectivity index (χ2n) is 4.82. The molecule has 0 radical (unpaired) electrons. The van der Waals surface area contributed by atoms with Crippen molar-refractivity contribution >= 4 is 11.6 Å². The lowest BCUT2D eigenvalue weighted by Gasteiger charge is -2.16. The van der Waals surface area contributed by atoms with Gasteiger partial charge in [-0.25, -0.2) is 0 Å². The van der Waals surface area contributed by atoms with E-state index < -0.39 is 5.60 Å². The Hall–Kier alpha value is -2.21. The van der Waals surface area contributed by atoms with Crippen molar-refractivity contribution in [1.29, 1.82) is 0 Å². The van der Waals surface area contributed by atoms with Gasteiger partial charge in [0.05, 0.1) is 6.42 Å². The van der Waals surface area contributed by atoms with Crippen LogP contribution in [0.5, 0.6) is 0 Å². The van der Waals surface area contributed by atoms with Crippen LogP contribution in [0.25, 0.3) is 0 Å². The minimum Gasteiger partial charge on any atom is -0.369 e. The molecule has 0 unspecified atom stereocenters. The third-order valence-corrected chi connectivity index (χ3v) is 2.87. The second kappa shape index (κ2) is 5.83. The monoisotopic (exact) mass is 275 g/mol. The first-order valence-corrected chi connectivity index (χ1v) is 6.24. The van der Waals surface area contributed by atoms with Gasteiger partial charge in [0.15, 0.2) is 5.82 Å². The van der Waals surface area contributed by atoms with E-state index in [-0.39, 0.29) is 12.3 Å². The molecule has 6 nitrogen and oxygen atoms in total. The Bertz CT molecular complexity index is 578. The Morgan fingerprint density at radius 3 is 2.70 bits per heavy atom. The molecule has 0 saturated carbocycles. The number of nitrogens with one attached hydrogen (secondary N) is 1. The summed E-state index contributed by atoms with van der Waals surface area (Å²) >= 11 is 0. The van der Waals surface area contributed by atoms with Crippen LogP contribution in [0.4, 0.5) is 5.69 Å². The summed E-state index contributed by atoms with van der Waals surface area (Å²) in [5.74, 6) is 0.486. The molecule has 106 valence electrons. The summed E-state index contributed by atoms with van der Waals surface area (Å²) in [6.45, 7) is 3.63. The maximum absolute atomic E-state index is 11.8. The lowest BCUT2D eigenvalue weighted by Crippen LogP contribution is -2.20. The number of carbonyl (C=O) groups excluding carboxylic acids is 1. The van der Waals surface area contributed by atoms with Crippen LogP contribution in [-0.4, -0.2) is 23.2 Å². The molecule has 0 spiro atoms. The average Bonchev–Trinajstić information content (AvgIpc) is 2.89. The zero-order valence-electron chi connectivity index (χ0n) is 11.7. The zero-order chi connectivity index (χ0) is 14.6. The maximum atomic E-state index is 11.8. The van der Waals surface area contributed by atoms with Gasteiger partial charge >= 0.3 is 0 Å². The van der Waals surface area contributed by atoms with E-state index in [2.05, 4.69) is 15.5 Å². The SMILES string of the molecule is COC(C)(C)c1nc(CC(=O)Nc2ccccc2)no1. The summed E-state index contributed by atoms with van der Waals surface area (Å²) in [4.78, 5) is 16.0. The first-order chi connectivity index (χ1) is 9.51. The molecule has 1 heterocycles. The van der Waals surface area contributed by atoms with Gasteiger partial charge in [0.25, 0.3) is 5.89 Å². The highest BCUT2D eigenvalue weighted by Gasteiger charge is 2.27. The van der Waals surface area contributed by atoms with Crippen molar-refractivity contribution in [1.82, 2.24) is 10.1 Å². The molecule has 2 aromatic rings. The van der Waals surface area contributed by atoms with Crippen molar-refractivity contribution in [3.05, 3.63) is 42.0 Å². The number of hydrogen-bond donors (Lipinski definition) is 1. The molecule has 0 fully saturated rings. The van der Waals surface area contributed by atoms with Gasteiger partial charge in [-0.2, -0.15) is 4.98 Å². The molecule has 2 rings (SSSR count). The van der Waals surface area contributed by atoms with E-state index in [1.807, 2.05) is 44.2 Å².